The van der Waals surface area contributed by atoms with Gasteiger partial charge in [0, 0.05) is 11.8 Å². The maximum Gasteiger partial charge on any atom is 0.355 e. The van der Waals surface area contributed by atoms with Crippen molar-refractivity contribution in [3.05, 3.63) is 47.8 Å². The summed E-state index contributed by atoms with van der Waals surface area (Å²) in [7, 11) is 0. The number of fused-ring (bicyclic) bond motifs is 1. The van der Waals surface area contributed by atoms with Crippen molar-refractivity contribution in [1.82, 2.24) is 4.98 Å². The summed E-state index contributed by atoms with van der Waals surface area (Å²) >= 11 is 0. The number of pyridine rings is 1. The minimum absolute atomic E-state index is 0.0826. The van der Waals surface area contributed by atoms with Gasteiger partial charge in [-0.15, -0.1) is 0 Å². The molecule has 1 aliphatic heterocycles. The van der Waals surface area contributed by atoms with Gasteiger partial charge in [0.1, 0.15) is 5.75 Å². The van der Waals surface area contributed by atoms with Gasteiger partial charge in [-0.3, -0.25) is 0 Å². The van der Waals surface area contributed by atoms with E-state index < -0.39 is 5.97 Å². The highest BCUT2D eigenvalue weighted by atomic mass is 16.5. The van der Waals surface area contributed by atoms with Gasteiger partial charge in [-0.25, -0.2) is 9.78 Å². The van der Waals surface area contributed by atoms with E-state index in [1.54, 1.807) is 12.1 Å². The number of hydrogen-bond donors (Lipinski definition) is 1. The van der Waals surface area contributed by atoms with Crippen molar-refractivity contribution in [1.29, 1.82) is 0 Å². The van der Waals surface area contributed by atoms with Crippen LogP contribution in [0.15, 0.2) is 36.5 Å². The number of nitrogens with zero attached hydrogens (tertiary/aromatic N) is 1. The monoisotopic (exact) mass is 255 g/mol. The quantitative estimate of drug-likeness (QED) is 0.896. The van der Waals surface area contributed by atoms with Crippen LogP contribution in [0.2, 0.25) is 0 Å². The number of rotatable bonds is 2. The zero-order chi connectivity index (χ0) is 13.2. The van der Waals surface area contributed by atoms with Crippen LogP contribution in [-0.4, -0.2) is 22.7 Å². The minimum Gasteiger partial charge on any atom is -0.493 e. The molecule has 0 bridgehead atoms. The topological polar surface area (TPSA) is 59.4 Å². The summed E-state index contributed by atoms with van der Waals surface area (Å²) in [6, 6.07) is 9.31. The zero-order valence-corrected chi connectivity index (χ0v) is 10.3. The van der Waals surface area contributed by atoms with E-state index >= 15 is 0 Å². The second kappa shape index (κ2) is 4.72. The first-order valence-corrected chi connectivity index (χ1v) is 6.20. The smallest absolute Gasteiger partial charge is 0.355 e. The highest BCUT2D eigenvalue weighted by Crippen LogP contribution is 2.31. The van der Waals surface area contributed by atoms with Crippen LogP contribution in [0.1, 0.15) is 22.5 Å². The van der Waals surface area contributed by atoms with Crippen molar-refractivity contribution >= 4 is 5.97 Å². The summed E-state index contributed by atoms with van der Waals surface area (Å²) in [6.07, 6.45) is 3.45. The van der Waals surface area contributed by atoms with Crippen LogP contribution in [0.5, 0.6) is 5.75 Å². The molecule has 0 amide bonds. The molecule has 0 saturated carbocycles. The Kier molecular flexibility index (Phi) is 2.91. The number of ether oxygens (including phenoxy) is 1. The summed E-state index contributed by atoms with van der Waals surface area (Å²) in [5, 5.41) is 9.18. The third-order valence-electron chi connectivity index (χ3n) is 3.23. The van der Waals surface area contributed by atoms with E-state index in [1.807, 2.05) is 18.2 Å². The number of hydrogen-bond acceptors (Lipinski definition) is 3. The normalized spacial score (nSPS) is 13.5. The van der Waals surface area contributed by atoms with Gasteiger partial charge in [0.2, 0.25) is 0 Å². The van der Waals surface area contributed by atoms with E-state index in [0.717, 1.165) is 36.3 Å². The van der Waals surface area contributed by atoms with E-state index in [2.05, 4.69) is 4.98 Å². The molecule has 0 aliphatic carbocycles. The lowest BCUT2D eigenvalue weighted by Gasteiger charge is -2.18. The van der Waals surface area contributed by atoms with E-state index in [1.165, 1.54) is 6.20 Å². The molecule has 0 fully saturated rings. The minimum atomic E-state index is -1.01. The second-order valence-electron chi connectivity index (χ2n) is 4.48. The largest absolute Gasteiger partial charge is 0.493 e. The summed E-state index contributed by atoms with van der Waals surface area (Å²) in [5.41, 5.74) is 2.72. The fourth-order valence-electron chi connectivity index (χ4n) is 2.34. The third kappa shape index (κ3) is 2.17. The Bertz CT molecular complexity index is 637. The molecule has 19 heavy (non-hydrogen) atoms. The first kappa shape index (κ1) is 11.7. The molecule has 1 aliphatic rings. The zero-order valence-electron chi connectivity index (χ0n) is 10.3. The molecular formula is C15H13NO3. The number of aromatic nitrogens is 1. The molecule has 0 unspecified atom stereocenters. The molecular weight excluding hydrogens is 242 g/mol. The van der Waals surface area contributed by atoms with Crippen LogP contribution in [0.4, 0.5) is 0 Å². The molecule has 4 nitrogen and oxygen atoms in total. The predicted octanol–water partition coefficient (Wildman–Crippen LogP) is 2.77. The molecule has 0 spiro atoms. The van der Waals surface area contributed by atoms with Crippen molar-refractivity contribution in [2.24, 2.45) is 0 Å². The highest BCUT2D eigenvalue weighted by molar-refractivity contribution is 5.93. The Morgan fingerprint density at radius 1 is 1.32 bits per heavy atom. The Hall–Kier alpha value is -2.36. The summed E-state index contributed by atoms with van der Waals surface area (Å²) in [4.78, 5) is 15.1. The van der Waals surface area contributed by atoms with E-state index in [-0.39, 0.29) is 5.69 Å². The lowest BCUT2D eigenvalue weighted by molar-refractivity contribution is 0.0691. The summed E-state index contributed by atoms with van der Waals surface area (Å²) in [5.74, 6) is -0.111. The predicted molar refractivity (Wildman–Crippen MR) is 70.4 cm³/mol. The average Bonchev–Trinajstić information content (AvgIpc) is 2.46. The number of aryl methyl sites for hydroxylation is 1. The van der Waals surface area contributed by atoms with E-state index in [4.69, 9.17) is 4.74 Å². The molecule has 0 radical (unpaired) electrons. The standard InChI is InChI=1S/C15H13NO3/c17-15(18)14-12(4-1-7-16-14)10-5-6-13-11(9-10)3-2-8-19-13/h1,4-7,9H,2-3,8H2,(H,17,18). The molecule has 2 aromatic rings. The Morgan fingerprint density at radius 3 is 3.05 bits per heavy atom. The SMILES string of the molecule is O=C(O)c1ncccc1-c1ccc2c(c1)CCCO2. The Morgan fingerprint density at radius 2 is 2.21 bits per heavy atom. The van der Waals surface area contributed by atoms with Crippen molar-refractivity contribution < 1.29 is 14.6 Å². The fourth-order valence-corrected chi connectivity index (χ4v) is 2.34. The highest BCUT2D eigenvalue weighted by Gasteiger charge is 2.15. The van der Waals surface area contributed by atoms with Crippen LogP contribution >= 0.6 is 0 Å². The molecule has 1 aromatic heterocycles. The molecule has 0 saturated heterocycles. The fraction of sp³-hybridized carbons (Fsp3) is 0.200. The lowest BCUT2D eigenvalue weighted by Crippen LogP contribution is -2.08. The van der Waals surface area contributed by atoms with Gasteiger partial charge in [-0.05, 0) is 42.2 Å². The molecule has 2 heterocycles. The van der Waals surface area contributed by atoms with Crippen molar-refractivity contribution in [3.63, 3.8) is 0 Å². The van der Waals surface area contributed by atoms with Crippen LogP contribution in [0.3, 0.4) is 0 Å². The number of benzene rings is 1. The van der Waals surface area contributed by atoms with Gasteiger partial charge in [-0.2, -0.15) is 0 Å². The number of carboxylic acid groups (broad SMARTS) is 1. The second-order valence-corrected chi connectivity index (χ2v) is 4.48. The Balaban J connectivity index is 2.10. The van der Waals surface area contributed by atoms with Crippen molar-refractivity contribution in [2.45, 2.75) is 12.8 Å². The molecule has 96 valence electrons. The first-order chi connectivity index (χ1) is 9.25. The van der Waals surface area contributed by atoms with Gasteiger partial charge in [0.15, 0.2) is 5.69 Å². The molecule has 1 aromatic carbocycles. The van der Waals surface area contributed by atoms with E-state index in [9.17, 15) is 9.90 Å². The lowest BCUT2D eigenvalue weighted by atomic mass is 9.98. The van der Waals surface area contributed by atoms with Crippen molar-refractivity contribution in [2.75, 3.05) is 6.61 Å². The van der Waals surface area contributed by atoms with Gasteiger partial charge < -0.3 is 9.84 Å². The van der Waals surface area contributed by atoms with Gasteiger partial charge in [0.25, 0.3) is 0 Å². The Labute approximate surface area is 110 Å². The average molecular weight is 255 g/mol. The van der Waals surface area contributed by atoms with E-state index in [0.29, 0.717) is 5.56 Å². The molecule has 1 N–H and O–H groups in total. The van der Waals surface area contributed by atoms with Crippen LogP contribution in [0.25, 0.3) is 11.1 Å². The maximum absolute atomic E-state index is 11.2. The van der Waals surface area contributed by atoms with Crippen molar-refractivity contribution in [3.8, 4) is 16.9 Å². The van der Waals surface area contributed by atoms with Crippen LogP contribution in [-0.2, 0) is 6.42 Å². The summed E-state index contributed by atoms with van der Waals surface area (Å²) in [6.45, 7) is 0.750. The summed E-state index contributed by atoms with van der Waals surface area (Å²) < 4.78 is 5.56. The van der Waals surface area contributed by atoms with Crippen LogP contribution in [0, 0.1) is 0 Å². The maximum atomic E-state index is 11.2. The number of carbonyl (C=O) groups is 1. The first-order valence-electron chi connectivity index (χ1n) is 6.20. The van der Waals surface area contributed by atoms with Gasteiger partial charge in [-0.1, -0.05) is 12.1 Å². The van der Waals surface area contributed by atoms with Gasteiger partial charge >= 0.3 is 5.97 Å². The number of carboxylic acids is 1. The van der Waals surface area contributed by atoms with Gasteiger partial charge in [0.05, 0.1) is 6.61 Å². The van der Waals surface area contributed by atoms with Crippen LogP contribution < -0.4 is 4.74 Å². The molecule has 0 atom stereocenters. The third-order valence-corrected chi connectivity index (χ3v) is 3.23. The molecule has 3 rings (SSSR count). The number of aromatic carboxylic acids is 1. The molecule has 4 heteroatoms.